The summed E-state index contributed by atoms with van der Waals surface area (Å²) in [5, 5.41) is 0. The van der Waals surface area contributed by atoms with Crippen molar-refractivity contribution in [1.29, 1.82) is 0 Å². The highest BCUT2D eigenvalue weighted by atomic mass is 32.2. The van der Waals surface area contributed by atoms with E-state index >= 15 is 0 Å². The van der Waals surface area contributed by atoms with Crippen LogP contribution in [0.15, 0.2) is 30.1 Å². The van der Waals surface area contributed by atoms with Gasteiger partial charge in [0.1, 0.15) is 11.6 Å². The molecule has 124 valence electrons. The predicted octanol–water partition coefficient (Wildman–Crippen LogP) is 4.71. The third kappa shape index (κ3) is 4.69. The number of unbranched alkanes of at least 4 members (excludes halogenated alkanes) is 1. The van der Waals surface area contributed by atoms with Crippen molar-refractivity contribution in [3.63, 3.8) is 0 Å². The number of hydrogen-bond acceptors (Lipinski definition) is 3. The van der Waals surface area contributed by atoms with E-state index < -0.39 is 33.0 Å². The van der Waals surface area contributed by atoms with Gasteiger partial charge < -0.3 is 4.18 Å². The van der Waals surface area contributed by atoms with Crippen LogP contribution in [-0.2, 0) is 10.1 Å². The van der Waals surface area contributed by atoms with Gasteiger partial charge in [0.2, 0.25) is 0 Å². The van der Waals surface area contributed by atoms with Gasteiger partial charge >= 0.3 is 15.6 Å². The molecule has 9 heteroatoms. The van der Waals surface area contributed by atoms with Crippen molar-refractivity contribution >= 4 is 15.9 Å². The van der Waals surface area contributed by atoms with Crippen LogP contribution < -0.4 is 4.18 Å². The largest absolute Gasteiger partial charge is 0.534 e. The van der Waals surface area contributed by atoms with Crippen LogP contribution in [0.4, 0.5) is 22.0 Å². The molecule has 0 spiro atoms. The van der Waals surface area contributed by atoms with Crippen molar-refractivity contribution < 1.29 is 34.6 Å². The predicted molar refractivity (Wildman–Crippen MR) is 70.7 cm³/mol. The number of halogens is 5. The van der Waals surface area contributed by atoms with Gasteiger partial charge in [0.05, 0.1) is 0 Å². The number of alkyl halides is 3. The Balaban J connectivity index is 2.92. The van der Waals surface area contributed by atoms with E-state index in [4.69, 9.17) is 0 Å². The van der Waals surface area contributed by atoms with Crippen LogP contribution in [0.25, 0.3) is 5.83 Å². The maximum absolute atomic E-state index is 13.7. The van der Waals surface area contributed by atoms with Gasteiger partial charge in [-0.25, -0.2) is 8.78 Å². The molecule has 0 aliphatic carbocycles. The molecule has 0 heterocycles. The second kappa shape index (κ2) is 7.08. The summed E-state index contributed by atoms with van der Waals surface area (Å²) in [6.45, 7) is 1.80. The van der Waals surface area contributed by atoms with E-state index in [1.165, 1.54) is 0 Å². The van der Waals surface area contributed by atoms with E-state index in [2.05, 4.69) is 4.18 Å². The molecule has 1 aromatic rings. The van der Waals surface area contributed by atoms with E-state index in [0.29, 0.717) is 12.8 Å². The van der Waals surface area contributed by atoms with Crippen LogP contribution in [0.5, 0.6) is 5.75 Å². The Hall–Kier alpha value is -1.64. The molecule has 0 aliphatic heterocycles. The van der Waals surface area contributed by atoms with Crippen molar-refractivity contribution in [2.45, 2.75) is 31.7 Å². The maximum Gasteiger partial charge on any atom is 0.534 e. The molecule has 0 saturated heterocycles. The maximum atomic E-state index is 13.7. The van der Waals surface area contributed by atoms with E-state index in [0.717, 1.165) is 24.3 Å². The number of rotatable bonds is 6. The third-order valence-electron chi connectivity index (χ3n) is 2.59. The highest BCUT2D eigenvalue weighted by molar-refractivity contribution is 7.87. The Morgan fingerprint density at radius 3 is 2.14 bits per heavy atom. The summed E-state index contributed by atoms with van der Waals surface area (Å²) in [7, 11) is -5.79. The molecule has 0 unspecified atom stereocenters. The van der Waals surface area contributed by atoms with Gasteiger partial charge in [-0.1, -0.05) is 13.3 Å². The number of benzene rings is 1. The van der Waals surface area contributed by atoms with Crippen molar-refractivity contribution in [2.75, 3.05) is 0 Å². The van der Waals surface area contributed by atoms with Crippen LogP contribution in [0.1, 0.15) is 31.7 Å². The Bertz CT molecular complexity index is 633. The first-order chi connectivity index (χ1) is 10.1. The zero-order chi connectivity index (χ0) is 17.0. The van der Waals surface area contributed by atoms with Gasteiger partial charge in [0, 0.05) is 12.0 Å². The van der Waals surface area contributed by atoms with E-state index in [9.17, 15) is 30.4 Å². The molecule has 1 aromatic carbocycles. The molecular formula is C13H13F5O3S. The molecule has 0 fully saturated rings. The first-order valence-electron chi connectivity index (χ1n) is 6.24. The topological polar surface area (TPSA) is 43.4 Å². The van der Waals surface area contributed by atoms with Gasteiger partial charge in [-0.3, -0.25) is 0 Å². The Morgan fingerprint density at radius 1 is 1.14 bits per heavy atom. The van der Waals surface area contributed by atoms with Crippen molar-refractivity contribution in [3.8, 4) is 5.75 Å². The average Bonchev–Trinajstić information content (AvgIpc) is 2.43. The fourth-order valence-electron chi connectivity index (χ4n) is 1.43. The lowest BCUT2D eigenvalue weighted by atomic mass is 10.1. The molecule has 0 aromatic heterocycles. The summed E-state index contributed by atoms with van der Waals surface area (Å²) in [6, 6.07) is 3.49. The SMILES string of the molecule is CCCC/C(F)=C(/F)c1ccc(OS(=O)(=O)C(F)(F)F)cc1. The van der Waals surface area contributed by atoms with Crippen molar-refractivity contribution in [2.24, 2.45) is 0 Å². The standard InChI is InChI=1S/C13H13F5O3S/c1-2-3-4-11(14)12(15)9-5-7-10(8-6-9)21-22(19,20)13(16,17)18/h5-8H,2-4H2,1H3/b12-11-. The average molecular weight is 344 g/mol. The van der Waals surface area contributed by atoms with E-state index in [1.54, 1.807) is 6.92 Å². The minimum Gasteiger partial charge on any atom is -0.376 e. The summed E-state index contributed by atoms with van der Waals surface area (Å²) in [5.41, 5.74) is -5.78. The molecule has 0 amide bonds. The normalized spacial score (nSPS) is 13.7. The molecule has 0 radical (unpaired) electrons. The van der Waals surface area contributed by atoms with Crippen LogP contribution in [0.3, 0.4) is 0 Å². The molecule has 0 aliphatic rings. The quantitative estimate of drug-likeness (QED) is 0.426. The Kier molecular flexibility index (Phi) is 5.92. The summed E-state index contributed by atoms with van der Waals surface area (Å²) in [6.07, 6.45) is 1.02. The zero-order valence-corrected chi connectivity index (χ0v) is 12.3. The first kappa shape index (κ1) is 18.4. The lowest BCUT2D eigenvalue weighted by Crippen LogP contribution is -2.28. The molecule has 0 bridgehead atoms. The molecule has 0 N–H and O–H groups in total. The monoisotopic (exact) mass is 344 g/mol. The lowest BCUT2D eigenvalue weighted by molar-refractivity contribution is -0.0500. The third-order valence-corrected chi connectivity index (χ3v) is 3.56. The fraction of sp³-hybridized carbons (Fsp3) is 0.385. The molecular weight excluding hydrogens is 331 g/mol. The second-order valence-electron chi connectivity index (χ2n) is 4.33. The minimum absolute atomic E-state index is 0.0942. The summed E-state index contributed by atoms with van der Waals surface area (Å²) in [4.78, 5) is 0. The second-order valence-corrected chi connectivity index (χ2v) is 5.87. The highest BCUT2D eigenvalue weighted by Gasteiger charge is 2.48. The molecule has 0 saturated carbocycles. The minimum atomic E-state index is -5.79. The van der Waals surface area contributed by atoms with Gasteiger partial charge in [0.25, 0.3) is 0 Å². The Labute approximate surface area is 124 Å². The van der Waals surface area contributed by atoms with E-state index in [1.807, 2.05) is 0 Å². The van der Waals surface area contributed by atoms with Crippen LogP contribution >= 0.6 is 0 Å². The van der Waals surface area contributed by atoms with E-state index in [-0.39, 0.29) is 12.0 Å². The van der Waals surface area contributed by atoms with Gasteiger partial charge in [0.15, 0.2) is 5.83 Å². The lowest BCUT2D eigenvalue weighted by Gasteiger charge is -2.09. The molecule has 22 heavy (non-hydrogen) atoms. The fourth-order valence-corrected chi connectivity index (χ4v) is 1.89. The Morgan fingerprint density at radius 2 is 1.68 bits per heavy atom. The van der Waals surface area contributed by atoms with Gasteiger partial charge in [-0.05, 0) is 30.7 Å². The zero-order valence-electron chi connectivity index (χ0n) is 11.5. The molecule has 3 nitrogen and oxygen atoms in total. The van der Waals surface area contributed by atoms with Gasteiger partial charge in [-0.2, -0.15) is 21.6 Å². The number of allylic oxidation sites excluding steroid dienone is 1. The van der Waals surface area contributed by atoms with Crippen molar-refractivity contribution in [1.82, 2.24) is 0 Å². The van der Waals surface area contributed by atoms with Crippen LogP contribution in [0.2, 0.25) is 0 Å². The molecule has 1 rings (SSSR count). The summed E-state index contributed by atoms with van der Waals surface area (Å²) >= 11 is 0. The van der Waals surface area contributed by atoms with Crippen molar-refractivity contribution in [3.05, 3.63) is 35.7 Å². The van der Waals surface area contributed by atoms with Gasteiger partial charge in [-0.15, -0.1) is 0 Å². The van der Waals surface area contributed by atoms with Crippen LogP contribution in [-0.4, -0.2) is 13.9 Å². The highest BCUT2D eigenvalue weighted by Crippen LogP contribution is 2.29. The molecule has 0 atom stereocenters. The van der Waals surface area contributed by atoms with Crippen LogP contribution in [0, 0.1) is 0 Å². The summed E-state index contributed by atoms with van der Waals surface area (Å²) < 4.78 is 88.9. The smallest absolute Gasteiger partial charge is 0.376 e. The summed E-state index contributed by atoms with van der Waals surface area (Å²) in [5.74, 6) is -2.76. The number of hydrogen-bond donors (Lipinski definition) is 0. The first-order valence-corrected chi connectivity index (χ1v) is 7.64.